The minimum Gasteiger partial charge on any atom is -0.481 e. The molecule has 1 rings (SSSR count). The minimum atomic E-state index is -0.708. The number of benzene rings is 1. The van der Waals surface area contributed by atoms with Crippen LogP contribution in [0.3, 0.4) is 0 Å². The summed E-state index contributed by atoms with van der Waals surface area (Å²) in [6, 6.07) is 10.3. The van der Waals surface area contributed by atoms with Gasteiger partial charge in [-0.15, -0.1) is 0 Å². The molecular formula is C24H41NO3. The number of carboxylic acid groups (broad SMARTS) is 1. The zero-order chi connectivity index (χ0) is 20.5. The number of hydrogen-bond donors (Lipinski definition) is 3. The number of aliphatic hydroxyl groups is 1. The first-order chi connectivity index (χ1) is 13.6. The predicted molar refractivity (Wildman–Crippen MR) is 118 cm³/mol. The highest BCUT2D eigenvalue weighted by atomic mass is 16.4. The van der Waals surface area contributed by atoms with E-state index < -0.39 is 5.97 Å². The third-order valence-electron chi connectivity index (χ3n) is 5.35. The molecule has 3 N–H and O–H groups in total. The zero-order valence-electron chi connectivity index (χ0n) is 17.7. The van der Waals surface area contributed by atoms with Gasteiger partial charge in [-0.25, -0.2) is 0 Å². The average Bonchev–Trinajstić information content (AvgIpc) is 2.69. The highest BCUT2D eigenvalue weighted by molar-refractivity contribution is 5.66. The number of hydrogen-bond acceptors (Lipinski definition) is 3. The van der Waals surface area contributed by atoms with E-state index in [-0.39, 0.29) is 18.6 Å². The summed E-state index contributed by atoms with van der Waals surface area (Å²) in [5.41, 5.74) is 1.08. The fourth-order valence-electron chi connectivity index (χ4n) is 3.61. The molecule has 1 aromatic rings. The number of para-hydroxylation sites is 1. The number of aliphatic hydroxyl groups excluding tert-OH is 1. The molecule has 0 fully saturated rings. The lowest BCUT2D eigenvalue weighted by Crippen LogP contribution is -2.33. The Morgan fingerprint density at radius 2 is 1.43 bits per heavy atom. The van der Waals surface area contributed by atoms with Crippen molar-refractivity contribution in [1.82, 2.24) is 0 Å². The molecule has 4 nitrogen and oxygen atoms in total. The van der Waals surface area contributed by atoms with Gasteiger partial charge in [0.25, 0.3) is 0 Å². The first-order valence-corrected chi connectivity index (χ1v) is 11.3. The molecule has 0 radical (unpaired) electrons. The number of nitrogens with one attached hydrogen (secondary N) is 1. The Balaban J connectivity index is 2.32. The van der Waals surface area contributed by atoms with Gasteiger partial charge in [-0.05, 0) is 31.4 Å². The Hall–Kier alpha value is -1.55. The van der Waals surface area contributed by atoms with Crippen molar-refractivity contribution in [1.29, 1.82) is 0 Å². The topological polar surface area (TPSA) is 69.6 Å². The fraction of sp³-hybridized carbons (Fsp3) is 0.708. The predicted octanol–water partition coefficient (Wildman–Crippen LogP) is 6.39. The molecule has 0 aromatic heterocycles. The molecule has 0 heterocycles. The molecule has 2 atom stereocenters. The summed E-state index contributed by atoms with van der Waals surface area (Å²) in [5.74, 6) is -0.708. The largest absolute Gasteiger partial charge is 0.481 e. The lowest BCUT2D eigenvalue weighted by molar-refractivity contribution is -0.137. The number of unbranched alkanes of at least 4 members (excludes halogenated alkanes) is 9. The van der Waals surface area contributed by atoms with Gasteiger partial charge in [0, 0.05) is 12.1 Å². The van der Waals surface area contributed by atoms with Gasteiger partial charge in [-0.3, -0.25) is 4.79 Å². The Morgan fingerprint density at radius 3 is 2.07 bits per heavy atom. The van der Waals surface area contributed by atoms with Crippen molar-refractivity contribution in [2.45, 2.75) is 109 Å². The maximum Gasteiger partial charge on any atom is 0.303 e. The Labute approximate surface area is 171 Å². The second kappa shape index (κ2) is 16.4. The van der Waals surface area contributed by atoms with Crippen LogP contribution in [-0.2, 0) is 4.79 Å². The maximum atomic E-state index is 10.7. The monoisotopic (exact) mass is 391 g/mol. The van der Waals surface area contributed by atoms with Crippen molar-refractivity contribution >= 4 is 11.7 Å². The van der Waals surface area contributed by atoms with E-state index in [0.717, 1.165) is 57.1 Å². The number of rotatable bonds is 18. The average molecular weight is 392 g/mol. The van der Waals surface area contributed by atoms with Crippen molar-refractivity contribution < 1.29 is 15.0 Å². The molecule has 0 aliphatic rings. The third-order valence-corrected chi connectivity index (χ3v) is 5.35. The van der Waals surface area contributed by atoms with E-state index in [4.69, 9.17) is 5.11 Å². The Morgan fingerprint density at radius 1 is 0.857 bits per heavy atom. The molecule has 4 heteroatoms. The van der Waals surface area contributed by atoms with E-state index in [1.54, 1.807) is 0 Å². The first kappa shape index (κ1) is 24.5. The summed E-state index contributed by atoms with van der Waals surface area (Å²) < 4.78 is 0. The second-order valence-electron chi connectivity index (χ2n) is 7.94. The molecule has 0 amide bonds. The van der Waals surface area contributed by atoms with E-state index in [2.05, 4.69) is 24.4 Å². The third kappa shape index (κ3) is 12.8. The van der Waals surface area contributed by atoms with Crippen molar-refractivity contribution in [3.63, 3.8) is 0 Å². The van der Waals surface area contributed by atoms with E-state index in [9.17, 15) is 9.90 Å². The van der Waals surface area contributed by atoms with Crippen molar-refractivity contribution in [2.24, 2.45) is 0 Å². The molecule has 0 aliphatic heterocycles. The standard InChI is InChI=1S/C24H41NO3/c1-2-3-4-5-7-13-18-22(25-21-16-11-10-12-17-21)23(26)19-14-8-6-9-15-20-24(27)28/h10-12,16-17,22-23,25-26H,2-9,13-15,18-20H2,1H3,(H,27,28)/t22-,23+/m0/s1. The molecule has 0 bridgehead atoms. The van der Waals surface area contributed by atoms with Crippen molar-refractivity contribution in [3.8, 4) is 0 Å². The molecule has 160 valence electrons. The van der Waals surface area contributed by atoms with Crippen LogP contribution in [-0.4, -0.2) is 28.3 Å². The quantitative estimate of drug-likeness (QED) is 0.253. The maximum absolute atomic E-state index is 10.7. The highest BCUT2D eigenvalue weighted by Gasteiger charge is 2.18. The molecule has 0 aliphatic carbocycles. The van der Waals surface area contributed by atoms with Crippen LogP contribution in [0.2, 0.25) is 0 Å². The van der Waals surface area contributed by atoms with E-state index in [1.165, 1.54) is 32.1 Å². The molecule has 0 saturated heterocycles. The van der Waals surface area contributed by atoms with Crippen molar-refractivity contribution in [2.75, 3.05) is 5.32 Å². The summed E-state index contributed by atoms with van der Waals surface area (Å²) in [6.45, 7) is 2.24. The van der Waals surface area contributed by atoms with Crippen LogP contribution in [0.4, 0.5) is 5.69 Å². The smallest absolute Gasteiger partial charge is 0.303 e. The Kier molecular flexibility index (Phi) is 14.4. The number of aliphatic carboxylic acids is 1. The van der Waals surface area contributed by atoms with Gasteiger partial charge in [0.2, 0.25) is 0 Å². The SMILES string of the molecule is CCCCCCCC[C@H](Nc1ccccc1)[C@H](O)CCCCCCCC(=O)O. The van der Waals surface area contributed by atoms with Gasteiger partial charge in [-0.1, -0.05) is 89.3 Å². The number of carbonyl (C=O) groups is 1. The molecule has 0 unspecified atom stereocenters. The normalized spacial score (nSPS) is 13.2. The van der Waals surface area contributed by atoms with Gasteiger partial charge < -0.3 is 15.5 Å². The van der Waals surface area contributed by atoms with E-state index in [0.29, 0.717) is 0 Å². The fourth-order valence-corrected chi connectivity index (χ4v) is 3.61. The summed E-state index contributed by atoms with van der Waals surface area (Å²) >= 11 is 0. The molecule has 1 aromatic carbocycles. The Bertz CT molecular complexity index is 492. The summed E-state index contributed by atoms with van der Waals surface area (Å²) in [5, 5.41) is 22.9. The van der Waals surface area contributed by atoms with Crippen LogP contribution in [0.15, 0.2) is 30.3 Å². The summed E-state index contributed by atoms with van der Waals surface area (Å²) in [7, 11) is 0. The van der Waals surface area contributed by atoms with Crippen LogP contribution >= 0.6 is 0 Å². The van der Waals surface area contributed by atoms with Crippen LogP contribution in [0.25, 0.3) is 0 Å². The van der Waals surface area contributed by atoms with Gasteiger partial charge in [-0.2, -0.15) is 0 Å². The first-order valence-electron chi connectivity index (χ1n) is 11.3. The number of anilines is 1. The van der Waals surface area contributed by atoms with Gasteiger partial charge in [0.15, 0.2) is 0 Å². The van der Waals surface area contributed by atoms with Crippen LogP contribution in [0.1, 0.15) is 96.8 Å². The molecule has 0 spiro atoms. The van der Waals surface area contributed by atoms with Gasteiger partial charge in [0.1, 0.15) is 0 Å². The molecular weight excluding hydrogens is 350 g/mol. The zero-order valence-corrected chi connectivity index (χ0v) is 17.7. The highest BCUT2D eigenvalue weighted by Crippen LogP contribution is 2.19. The van der Waals surface area contributed by atoms with Crippen molar-refractivity contribution in [3.05, 3.63) is 30.3 Å². The second-order valence-corrected chi connectivity index (χ2v) is 7.94. The van der Waals surface area contributed by atoms with E-state index >= 15 is 0 Å². The van der Waals surface area contributed by atoms with E-state index in [1.807, 2.05) is 18.2 Å². The summed E-state index contributed by atoms with van der Waals surface area (Å²) in [6.07, 6.45) is 14.2. The summed E-state index contributed by atoms with van der Waals surface area (Å²) in [4.78, 5) is 10.5. The van der Waals surface area contributed by atoms with Crippen LogP contribution in [0.5, 0.6) is 0 Å². The minimum absolute atomic E-state index is 0.0978. The van der Waals surface area contributed by atoms with Gasteiger partial charge in [0.05, 0.1) is 12.1 Å². The number of carboxylic acids is 1. The van der Waals surface area contributed by atoms with Crippen LogP contribution in [0, 0.1) is 0 Å². The lowest BCUT2D eigenvalue weighted by atomic mass is 9.97. The molecule has 28 heavy (non-hydrogen) atoms. The van der Waals surface area contributed by atoms with Gasteiger partial charge >= 0.3 is 5.97 Å². The lowest BCUT2D eigenvalue weighted by Gasteiger charge is -2.25. The molecule has 0 saturated carbocycles. The van der Waals surface area contributed by atoms with Crippen LogP contribution < -0.4 is 5.32 Å².